The third-order valence-electron chi connectivity index (χ3n) is 1.19. The number of ether oxygens (including phenoxy) is 1. The van der Waals surface area contributed by atoms with Gasteiger partial charge in [0.15, 0.2) is 6.29 Å². The molecule has 3 heteroatoms. The molecule has 1 rings (SSSR count). The molecule has 54 valence electrons. The molecule has 0 unspecified atom stereocenters. The molecule has 1 aromatic heterocycles. The van der Waals surface area contributed by atoms with Crippen molar-refractivity contribution in [1.29, 1.82) is 0 Å². The van der Waals surface area contributed by atoms with E-state index in [0.717, 1.165) is 16.7 Å². The lowest BCUT2D eigenvalue weighted by Crippen LogP contribution is -1.87. The van der Waals surface area contributed by atoms with E-state index in [1.54, 1.807) is 7.11 Å². The first-order valence-corrected chi connectivity index (χ1v) is 3.77. The Kier molecular flexibility index (Phi) is 2.59. The topological polar surface area (TPSA) is 26.3 Å². The Labute approximate surface area is 63.4 Å². The van der Waals surface area contributed by atoms with Crippen LogP contribution >= 0.6 is 11.3 Å². The van der Waals surface area contributed by atoms with Crippen LogP contribution in [0.2, 0.25) is 0 Å². The molecule has 0 aliphatic carbocycles. The summed E-state index contributed by atoms with van der Waals surface area (Å²) in [4.78, 5) is 11.1. The minimum absolute atomic E-state index is 0.525. The van der Waals surface area contributed by atoms with Crippen LogP contribution in [0.4, 0.5) is 0 Å². The number of methoxy groups -OCH3 is 1. The van der Waals surface area contributed by atoms with Crippen molar-refractivity contribution in [3.63, 3.8) is 0 Å². The van der Waals surface area contributed by atoms with Crippen LogP contribution in [0.3, 0.4) is 0 Å². The first kappa shape index (κ1) is 7.44. The Morgan fingerprint density at radius 3 is 3.20 bits per heavy atom. The molecule has 1 heterocycles. The quantitative estimate of drug-likeness (QED) is 0.623. The van der Waals surface area contributed by atoms with Crippen LogP contribution in [0.1, 0.15) is 15.2 Å². The zero-order valence-electron chi connectivity index (χ0n) is 5.66. The Morgan fingerprint density at radius 1 is 1.80 bits per heavy atom. The van der Waals surface area contributed by atoms with Gasteiger partial charge in [-0.05, 0) is 17.0 Å². The van der Waals surface area contributed by atoms with Crippen molar-refractivity contribution in [2.75, 3.05) is 7.11 Å². The second kappa shape index (κ2) is 3.49. The number of aldehydes is 1. The molecular weight excluding hydrogens is 148 g/mol. The van der Waals surface area contributed by atoms with Gasteiger partial charge in [0, 0.05) is 7.11 Å². The van der Waals surface area contributed by atoms with Crippen molar-refractivity contribution >= 4 is 17.6 Å². The largest absolute Gasteiger partial charge is 0.380 e. The van der Waals surface area contributed by atoms with E-state index in [9.17, 15) is 4.79 Å². The minimum Gasteiger partial charge on any atom is -0.380 e. The van der Waals surface area contributed by atoms with Crippen LogP contribution in [-0.2, 0) is 11.3 Å². The molecule has 0 radical (unpaired) electrons. The Balaban J connectivity index is 2.79. The molecule has 2 nitrogen and oxygen atoms in total. The highest BCUT2D eigenvalue weighted by molar-refractivity contribution is 7.11. The molecule has 0 saturated carbocycles. The fourth-order valence-corrected chi connectivity index (χ4v) is 1.44. The lowest BCUT2D eigenvalue weighted by molar-refractivity contribution is 0.112. The summed E-state index contributed by atoms with van der Waals surface area (Å²) < 4.78 is 4.88. The fraction of sp³-hybridized carbons (Fsp3) is 0.286. The summed E-state index contributed by atoms with van der Waals surface area (Å²) in [5.41, 5.74) is 0.975. The van der Waals surface area contributed by atoms with Gasteiger partial charge in [-0.2, -0.15) is 0 Å². The van der Waals surface area contributed by atoms with Gasteiger partial charge in [0.25, 0.3) is 0 Å². The Morgan fingerprint density at radius 2 is 2.60 bits per heavy atom. The number of hydrogen-bond donors (Lipinski definition) is 0. The molecule has 0 aliphatic heterocycles. The summed E-state index contributed by atoms with van der Waals surface area (Å²) >= 11 is 1.44. The van der Waals surface area contributed by atoms with E-state index in [1.165, 1.54) is 11.3 Å². The lowest BCUT2D eigenvalue weighted by atomic mass is 10.3. The summed E-state index contributed by atoms with van der Waals surface area (Å²) in [6.45, 7) is 0.525. The minimum atomic E-state index is 0.525. The number of carbonyl (C=O) groups is 1. The zero-order valence-corrected chi connectivity index (χ0v) is 6.48. The average Bonchev–Trinajstić information content (AvgIpc) is 2.36. The number of rotatable bonds is 3. The predicted molar refractivity (Wildman–Crippen MR) is 40.4 cm³/mol. The fourth-order valence-electron chi connectivity index (χ4n) is 0.725. The van der Waals surface area contributed by atoms with E-state index in [0.29, 0.717) is 6.61 Å². The van der Waals surface area contributed by atoms with Gasteiger partial charge < -0.3 is 4.74 Å². The van der Waals surface area contributed by atoms with Crippen molar-refractivity contribution in [2.24, 2.45) is 0 Å². The van der Waals surface area contributed by atoms with Gasteiger partial charge in [0.05, 0.1) is 11.5 Å². The lowest BCUT2D eigenvalue weighted by Gasteiger charge is -1.93. The SMILES string of the molecule is COCc1ccsc1C=O. The molecule has 0 fully saturated rings. The summed E-state index contributed by atoms with van der Waals surface area (Å²) in [6.07, 6.45) is 0.860. The maximum absolute atomic E-state index is 10.3. The van der Waals surface area contributed by atoms with Gasteiger partial charge in [-0.15, -0.1) is 11.3 Å². The molecule has 10 heavy (non-hydrogen) atoms. The van der Waals surface area contributed by atoms with Crippen LogP contribution in [0.15, 0.2) is 11.4 Å². The molecule has 1 aromatic rings. The highest BCUT2D eigenvalue weighted by Gasteiger charge is 2.00. The summed E-state index contributed by atoms with van der Waals surface area (Å²) in [6, 6.07) is 1.90. The van der Waals surface area contributed by atoms with Crippen LogP contribution in [-0.4, -0.2) is 13.4 Å². The van der Waals surface area contributed by atoms with Crippen molar-refractivity contribution in [3.8, 4) is 0 Å². The highest BCUT2D eigenvalue weighted by Crippen LogP contribution is 2.14. The third kappa shape index (κ3) is 1.43. The van der Waals surface area contributed by atoms with Crippen molar-refractivity contribution < 1.29 is 9.53 Å². The molecule has 0 N–H and O–H groups in total. The summed E-state index contributed by atoms with van der Waals surface area (Å²) in [7, 11) is 1.62. The normalized spacial score (nSPS) is 9.70. The van der Waals surface area contributed by atoms with Gasteiger partial charge >= 0.3 is 0 Å². The molecule has 0 aromatic carbocycles. The van der Waals surface area contributed by atoms with Crippen molar-refractivity contribution in [3.05, 3.63) is 21.9 Å². The average molecular weight is 156 g/mol. The van der Waals surface area contributed by atoms with E-state index in [1.807, 2.05) is 11.4 Å². The Bertz CT molecular complexity index is 217. The van der Waals surface area contributed by atoms with E-state index in [4.69, 9.17) is 4.74 Å². The third-order valence-corrected chi connectivity index (χ3v) is 2.07. The molecule has 0 spiro atoms. The zero-order chi connectivity index (χ0) is 7.40. The molecule has 0 bridgehead atoms. The van der Waals surface area contributed by atoms with Gasteiger partial charge in [-0.3, -0.25) is 4.79 Å². The number of thiophene rings is 1. The first-order chi connectivity index (χ1) is 4.88. The van der Waals surface area contributed by atoms with Crippen LogP contribution < -0.4 is 0 Å². The molecule has 0 amide bonds. The van der Waals surface area contributed by atoms with Crippen LogP contribution in [0.25, 0.3) is 0 Å². The standard InChI is InChI=1S/C7H8O2S/c1-9-5-6-2-3-10-7(6)4-8/h2-4H,5H2,1H3. The molecule has 0 atom stereocenters. The monoisotopic (exact) mass is 156 g/mol. The number of hydrogen-bond acceptors (Lipinski definition) is 3. The first-order valence-electron chi connectivity index (χ1n) is 2.89. The number of carbonyl (C=O) groups excluding carboxylic acids is 1. The van der Waals surface area contributed by atoms with Crippen molar-refractivity contribution in [1.82, 2.24) is 0 Å². The smallest absolute Gasteiger partial charge is 0.160 e. The van der Waals surface area contributed by atoms with E-state index in [-0.39, 0.29) is 0 Å². The molecule has 0 saturated heterocycles. The summed E-state index contributed by atoms with van der Waals surface area (Å²) in [5.74, 6) is 0. The van der Waals surface area contributed by atoms with Gasteiger partial charge in [0.1, 0.15) is 0 Å². The van der Waals surface area contributed by atoms with Crippen LogP contribution in [0.5, 0.6) is 0 Å². The van der Waals surface area contributed by atoms with E-state index in [2.05, 4.69) is 0 Å². The van der Waals surface area contributed by atoms with Gasteiger partial charge in [0.2, 0.25) is 0 Å². The van der Waals surface area contributed by atoms with E-state index >= 15 is 0 Å². The van der Waals surface area contributed by atoms with E-state index < -0.39 is 0 Å². The highest BCUT2D eigenvalue weighted by atomic mass is 32.1. The molecule has 0 aliphatic rings. The van der Waals surface area contributed by atoms with Crippen molar-refractivity contribution in [2.45, 2.75) is 6.61 Å². The maximum Gasteiger partial charge on any atom is 0.160 e. The second-order valence-corrected chi connectivity index (χ2v) is 2.81. The molecular formula is C7H8O2S. The Hall–Kier alpha value is -0.670. The van der Waals surface area contributed by atoms with Gasteiger partial charge in [-0.25, -0.2) is 0 Å². The predicted octanol–water partition coefficient (Wildman–Crippen LogP) is 1.71. The summed E-state index contributed by atoms with van der Waals surface area (Å²) in [5, 5.41) is 1.89. The maximum atomic E-state index is 10.3. The van der Waals surface area contributed by atoms with Crippen LogP contribution in [0, 0.1) is 0 Å². The second-order valence-electron chi connectivity index (χ2n) is 1.86. The van der Waals surface area contributed by atoms with Gasteiger partial charge in [-0.1, -0.05) is 0 Å².